The maximum Gasteiger partial charge on any atom is 0.312 e. The van der Waals surface area contributed by atoms with Gasteiger partial charge in [-0.2, -0.15) is 0 Å². The molecule has 6 N–H and O–H groups in total. The van der Waals surface area contributed by atoms with Crippen LogP contribution in [0, 0.1) is 5.41 Å². The van der Waals surface area contributed by atoms with Gasteiger partial charge in [0.15, 0.2) is 0 Å². The number of hydrogen-bond donors (Lipinski definition) is 5. The van der Waals surface area contributed by atoms with E-state index in [-0.39, 0.29) is 31.9 Å². The molecule has 172 valence electrons. The van der Waals surface area contributed by atoms with E-state index in [4.69, 9.17) is 11.1 Å². The second kappa shape index (κ2) is 9.94. The van der Waals surface area contributed by atoms with Gasteiger partial charge in [0.2, 0.25) is 0 Å². The van der Waals surface area contributed by atoms with Gasteiger partial charge in [-0.15, -0.1) is 0 Å². The fourth-order valence-electron chi connectivity index (χ4n) is 3.99. The molecule has 2 aromatic rings. The summed E-state index contributed by atoms with van der Waals surface area (Å²) >= 11 is 0. The lowest BCUT2D eigenvalue weighted by molar-refractivity contribution is -0.156. The minimum atomic E-state index is -1.33. The first-order valence-corrected chi connectivity index (χ1v) is 10.3. The van der Waals surface area contributed by atoms with Crippen LogP contribution in [0.25, 0.3) is 0 Å². The Hall–Kier alpha value is -4.21. The zero-order chi connectivity index (χ0) is 24.0. The Morgan fingerprint density at radius 1 is 1.09 bits per heavy atom. The van der Waals surface area contributed by atoms with Crippen molar-refractivity contribution in [1.29, 1.82) is 5.41 Å². The number of carboxylic acids is 1. The summed E-state index contributed by atoms with van der Waals surface area (Å²) in [7, 11) is 0. The van der Waals surface area contributed by atoms with E-state index in [1.54, 1.807) is 42.5 Å². The molecule has 0 aliphatic carbocycles. The van der Waals surface area contributed by atoms with Crippen LogP contribution in [0.5, 0.6) is 0 Å². The van der Waals surface area contributed by atoms with Crippen LogP contribution in [-0.2, 0) is 19.9 Å². The number of piperazine rings is 1. The van der Waals surface area contributed by atoms with Gasteiger partial charge in [-0.3, -0.25) is 24.6 Å². The summed E-state index contributed by atoms with van der Waals surface area (Å²) in [6.45, 7) is 0.404. The molecule has 3 amide bonds. The Labute approximate surface area is 190 Å². The first kappa shape index (κ1) is 23.5. The van der Waals surface area contributed by atoms with E-state index in [2.05, 4.69) is 10.6 Å². The van der Waals surface area contributed by atoms with Crippen molar-refractivity contribution in [1.82, 2.24) is 15.5 Å². The van der Waals surface area contributed by atoms with Crippen LogP contribution in [0.15, 0.2) is 54.6 Å². The Kier molecular flexibility index (Phi) is 7.07. The molecule has 10 heteroatoms. The lowest BCUT2D eigenvalue weighted by Gasteiger charge is -2.45. The third-order valence-electron chi connectivity index (χ3n) is 5.61. The average Bonchev–Trinajstić information content (AvgIpc) is 2.80. The molecule has 0 saturated carbocycles. The normalized spacial score (nSPS) is 15.3. The van der Waals surface area contributed by atoms with Crippen molar-refractivity contribution in [3.8, 4) is 0 Å². The van der Waals surface area contributed by atoms with E-state index in [0.717, 1.165) is 0 Å². The van der Waals surface area contributed by atoms with Crippen LogP contribution in [0.4, 0.5) is 0 Å². The number of nitrogens with two attached hydrogens (primary N) is 1. The minimum Gasteiger partial charge on any atom is -0.481 e. The maximum atomic E-state index is 12.7. The molecule has 0 aromatic heterocycles. The lowest BCUT2D eigenvalue weighted by Crippen LogP contribution is -2.61. The number of amidine groups is 1. The SMILES string of the molecule is N=C(N)c1ccc(C(=O)NCCC(CC(=O)O)(c2ccccc2)N2CCNC(=O)C2=O)cc1. The van der Waals surface area contributed by atoms with Crippen molar-refractivity contribution in [2.45, 2.75) is 18.4 Å². The number of nitrogens with one attached hydrogen (secondary N) is 3. The Bertz CT molecular complexity index is 1070. The van der Waals surface area contributed by atoms with Crippen molar-refractivity contribution in [2.75, 3.05) is 19.6 Å². The fraction of sp³-hybridized carbons (Fsp3) is 0.261. The van der Waals surface area contributed by atoms with Gasteiger partial charge in [-0.05, 0) is 24.1 Å². The Morgan fingerprint density at radius 3 is 2.33 bits per heavy atom. The molecule has 1 aliphatic rings. The van der Waals surface area contributed by atoms with Gasteiger partial charge in [0, 0.05) is 30.8 Å². The summed E-state index contributed by atoms with van der Waals surface area (Å²) in [4.78, 5) is 50.6. The molecule has 1 fully saturated rings. The highest BCUT2D eigenvalue weighted by atomic mass is 16.4. The molecule has 10 nitrogen and oxygen atoms in total. The number of hydrogen-bond acceptors (Lipinski definition) is 5. The van der Waals surface area contributed by atoms with E-state index in [1.807, 2.05) is 0 Å². The maximum absolute atomic E-state index is 12.7. The Balaban J connectivity index is 1.86. The molecule has 3 rings (SSSR count). The molecule has 1 heterocycles. The summed E-state index contributed by atoms with van der Waals surface area (Å²) in [5, 5.41) is 22.4. The molecule has 1 saturated heterocycles. The highest BCUT2D eigenvalue weighted by Crippen LogP contribution is 2.36. The monoisotopic (exact) mass is 451 g/mol. The molecule has 1 atom stereocenters. The number of carbonyl (C=O) groups excluding carboxylic acids is 3. The number of rotatable bonds is 9. The second-order valence-corrected chi connectivity index (χ2v) is 7.68. The lowest BCUT2D eigenvalue weighted by atomic mass is 9.81. The van der Waals surface area contributed by atoms with E-state index in [9.17, 15) is 24.3 Å². The van der Waals surface area contributed by atoms with Gasteiger partial charge in [0.1, 0.15) is 5.84 Å². The molecule has 0 radical (unpaired) electrons. The first-order chi connectivity index (χ1) is 15.7. The quantitative estimate of drug-likeness (QED) is 0.210. The number of benzene rings is 2. The van der Waals surface area contributed by atoms with Crippen LogP contribution in [0.3, 0.4) is 0 Å². The highest BCUT2D eigenvalue weighted by Gasteiger charge is 2.46. The first-order valence-electron chi connectivity index (χ1n) is 10.3. The Morgan fingerprint density at radius 2 is 1.73 bits per heavy atom. The minimum absolute atomic E-state index is 0.0564. The number of nitrogen functional groups attached to an aromatic ring is 1. The number of nitrogens with zero attached hydrogens (tertiary/aromatic N) is 1. The van der Waals surface area contributed by atoms with Crippen molar-refractivity contribution in [3.05, 3.63) is 71.3 Å². The smallest absolute Gasteiger partial charge is 0.312 e. The number of amides is 3. The van der Waals surface area contributed by atoms with E-state index in [0.29, 0.717) is 16.7 Å². The third kappa shape index (κ3) is 5.17. The van der Waals surface area contributed by atoms with E-state index >= 15 is 0 Å². The number of aliphatic carboxylic acids is 1. The molecule has 1 aliphatic heterocycles. The molecule has 0 bridgehead atoms. The molecule has 2 aromatic carbocycles. The average molecular weight is 451 g/mol. The van der Waals surface area contributed by atoms with Gasteiger partial charge >= 0.3 is 17.8 Å². The van der Waals surface area contributed by atoms with E-state index < -0.39 is 35.7 Å². The van der Waals surface area contributed by atoms with Crippen molar-refractivity contribution >= 4 is 29.5 Å². The molecule has 0 spiro atoms. The van der Waals surface area contributed by atoms with Crippen molar-refractivity contribution in [3.63, 3.8) is 0 Å². The highest BCUT2D eigenvalue weighted by molar-refractivity contribution is 6.35. The second-order valence-electron chi connectivity index (χ2n) is 7.68. The zero-order valence-electron chi connectivity index (χ0n) is 17.8. The van der Waals surface area contributed by atoms with Crippen LogP contribution >= 0.6 is 0 Å². The summed E-state index contributed by atoms with van der Waals surface area (Å²) in [6.07, 6.45) is -0.348. The van der Waals surface area contributed by atoms with Gasteiger partial charge < -0.3 is 26.4 Å². The predicted octanol–water partition coefficient (Wildman–Crippen LogP) is 0.419. The standard InChI is InChI=1S/C23H25N5O5/c24-19(25)15-6-8-16(9-7-15)20(31)26-11-10-23(14-18(29)30,17-4-2-1-3-5-17)28-13-12-27-21(32)22(28)33/h1-9H,10-14H2,(H3,24,25)(H,26,31)(H,27,32)(H,29,30). The molecular formula is C23H25N5O5. The number of carboxylic acid groups (broad SMARTS) is 1. The van der Waals surface area contributed by atoms with Crippen molar-refractivity contribution in [2.24, 2.45) is 5.73 Å². The van der Waals surface area contributed by atoms with Gasteiger partial charge in [0.05, 0.1) is 12.0 Å². The molecule has 33 heavy (non-hydrogen) atoms. The molecular weight excluding hydrogens is 426 g/mol. The summed E-state index contributed by atoms with van der Waals surface area (Å²) in [5.74, 6) is -3.24. The predicted molar refractivity (Wildman–Crippen MR) is 120 cm³/mol. The van der Waals surface area contributed by atoms with Crippen LogP contribution < -0.4 is 16.4 Å². The third-order valence-corrected chi connectivity index (χ3v) is 5.61. The topological polar surface area (TPSA) is 166 Å². The van der Waals surface area contributed by atoms with Crippen molar-refractivity contribution < 1.29 is 24.3 Å². The van der Waals surface area contributed by atoms with Crippen LogP contribution in [0.2, 0.25) is 0 Å². The zero-order valence-corrected chi connectivity index (χ0v) is 17.8. The number of carbonyl (C=O) groups is 4. The summed E-state index contributed by atoms with van der Waals surface area (Å²) in [6, 6.07) is 14.8. The van der Waals surface area contributed by atoms with Gasteiger partial charge in [-0.1, -0.05) is 42.5 Å². The van der Waals surface area contributed by atoms with Crippen LogP contribution in [-0.4, -0.2) is 59.2 Å². The van der Waals surface area contributed by atoms with E-state index in [1.165, 1.54) is 17.0 Å². The summed E-state index contributed by atoms with van der Waals surface area (Å²) < 4.78 is 0. The van der Waals surface area contributed by atoms with Gasteiger partial charge in [0.25, 0.3) is 5.91 Å². The van der Waals surface area contributed by atoms with Crippen LogP contribution in [0.1, 0.15) is 34.3 Å². The largest absolute Gasteiger partial charge is 0.481 e. The van der Waals surface area contributed by atoms with Gasteiger partial charge in [-0.25, -0.2) is 0 Å². The summed E-state index contributed by atoms with van der Waals surface area (Å²) in [5.41, 5.74) is 5.50. The fourth-order valence-corrected chi connectivity index (χ4v) is 3.99. The molecule has 1 unspecified atom stereocenters.